The van der Waals surface area contributed by atoms with Crippen LogP contribution < -0.4 is 0 Å². The predicted octanol–water partition coefficient (Wildman–Crippen LogP) is 6.77. The molecule has 2 aromatic carbocycles. The fourth-order valence-corrected chi connectivity index (χ4v) is 4.33. The number of hydrogen-bond donors (Lipinski definition) is 0. The van der Waals surface area contributed by atoms with E-state index in [1.807, 2.05) is 0 Å². The van der Waals surface area contributed by atoms with Gasteiger partial charge in [-0.3, -0.25) is 19.7 Å². The Bertz CT molecular complexity index is 1700. The van der Waals surface area contributed by atoms with Crippen molar-refractivity contribution in [1.29, 1.82) is 0 Å². The van der Waals surface area contributed by atoms with Gasteiger partial charge in [-0.25, -0.2) is 4.68 Å². The van der Waals surface area contributed by atoms with Crippen LogP contribution in [0.15, 0.2) is 79.4 Å². The van der Waals surface area contributed by atoms with Crippen molar-refractivity contribution < 1.29 is 31.1 Å². The molecule has 0 aliphatic rings. The quantitative estimate of drug-likeness (QED) is 0.161. The summed E-state index contributed by atoms with van der Waals surface area (Å²) in [4.78, 5) is 26.0. The Kier molecular flexibility index (Phi) is 7.30. The minimum absolute atomic E-state index is 0.00419. The highest BCUT2D eigenvalue weighted by Crippen LogP contribution is 2.37. The Hall–Kier alpha value is -4.65. The van der Waals surface area contributed by atoms with Crippen molar-refractivity contribution in [2.75, 3.05) is 0 Å². The second-order valence-electron chi connectivity index (χ2n) is 8.66. The maximum atomic E-state index is 13.5. The van der Waals surface area contributed by atoms with Gasteiger partial charge in [0.2, 0.25) is 0 Å². The smallest absolute Gasteiger partial charge is 0.288 e. The van der Waals surface area contributed by atoms with Crippen LogP contribution in [0.25, 0.3) is 22.8 Å². The van der Waals surface area contributed by atoms with Crippen LogP contribution in [-0.4, -0.2) is 35.7 Å². The summed E-state index contributed by atoms with van der Waals surface area (Å²) in [6, 6.07) is 10.6. The fraction of sp³-hybridized carbons (Fsp3) is 0.111. The average Bonchev–Trinajstić information content (AvgIpc) is 3.35. The van der Waals surface area contributed by atoms with E-state index in [0.29, 0.717) is 12.1 Å². The summed E-state index contributed by atoms with van der Waals surface area (Å²) in [5.41, 5.74) is -2.77. The van der Waals surface area contributed by atoms with Crippen molar-refractivity contribution in [3.8, 4) is 22.8 Å². The molecule has 0 aliphatic carbocycles. The fourth-order valence-electron chi connectivity index (χ4n) is 4.11. The highest BCUT2D eigenvalue weighted by Gasteiger charge is 2.37. The molecule has 0 atom stereocenters. The molecule has 3 aromatic heterocycles. The topological polar surface area (TPSA) is 86.5 Å². The van der Waals surface area contributed by atoms with Crippen molar-refractivity contribution in [3.63, 3.8) is 0 Å². The van der Waals surface area contributed by atoms with Gasteiger partial charge < -0.3 is 0 Å². The maximum absolute atomic E-state index is 13.5. The molecule has 0 bridgehead atoms. The Morgan fingerprint density at radius 2 is 1.49 bits per heavy atom. The molecule has 5 rings (SSSR count). The first-order chi connectivity index (χ1) is 19.4. The van der Waals surface area contributed by atoms with E-state index >= 15 is 0 Å². The van der Waals surface area contributed by atoms with Crippen LogP contribution in [0.1, 0.15) is 32.6 Å². The van der Waals surface area contributed by atoms with E-state index in [-0.39, 0.29) is 50.6 Å². The number of nitrogens with zero attached hydrogens (tertiary/aromatic N) is 6. The molecule has 0 amide bonds. The summed E-state index contributed by atoms with van der Waals surface area (Å²) in [7, 11) is 0. The van der Waals surface area contributed by atoms with E-state index < -0.39 is 35.8 Å². The first-order valence-corrected chi connectivity index (χ1v) is 12.0. The van der Waals surface area contributed by atoms with Gasteiger partial charge >= 0.3 is 12.4 Å². The first kappa shape index (κ1) is 27.9. The van der Waals surface area contributed by atoms with Crippen molar-refractivity contribution in [3.05, 3.63) is 112 Å². The van der Waals surface area contributed by atoms with Gasteiger partial charge in [-0.05, 0) is 48.0 Å². The van der Waals surface area contributed by atoms with Crippen LogP contribution in [0, 0.1) is 0 Å². The molecule has 0 unspecified atom stereocenters. The molecule has 14 heteroatoms. The molecule has 41 heavy (non-hydrogen) atoms. The number of ketones is 1. The molecule has 0 saturated carbocycles. The van der Waals surface area contributed by atoms with Crippen LogP contribution in [0.4, 0.5) is 26.3 Å². The molecule has 0 aliphatic heterocycles. The standard InChI is InChI=1S/C27H15ClF6N6O/c28-20-6-2-1-4-18(20)25(41)19-5-3-7-37-22(19)23-24(21-13-35-8-9-36-21)40(39-38-23)14-15-10-16(26(29,30)31)12-17(11-15)27(32,33)34/h1-13H,14H2. The molecule has 0 saturated heterocycles. The van der Waals surface area contributed by atoms with Gasteiger partial charge in [0.05, 0.1) is 34.5 Å². The van der Waals surface area contributed by atoms with Crippen LogP contribution in [0.2, 0.25) is 5.02 Å². The summed E-state index contributed by atoms with van der Waals surface area (Å²) in [5.74, 6) is -0.494. The molecular formula is C27H15ClF6N6O. The molecule has 0 N–H and O–H groups in total. The highest BCUT2D eigenvalue weighted by atomic mass is 35.5. The number of carbonyl (C=O) groups is 1. The van der Waals surface area contributed by atoms with Crippen molar-refractivity contribution in [2.24, 2.45) is 0 Å². The zero-order valence-corrected chi connectivity index (χ0v) is 21.2. The Balaban J connectivity index is 1.67. The highest BCUT2D eigenvalue weighted by molar-refractivity contribution is 6.35. The number of rotatable bonds is 6. The molecule has 7 nitrogen and oxygen atoms in total. The third-order valence-electron chi connectivity index (χ3n) is 5.92. The number of hydrogen-bond acceptors (Lipinski definition) is 6. The monoisotopic (exact) mass is 588 g/mol. The lowest BCUT2D eigenvalue weighted by atomic mass is 9.99. The number of aromatic nitrogens is 6. The minimum Gasteiger partial charge on any atom is -0.288 e. The number of pyridine rings is 1. The van der Waals surface area contributed by atoms with E-state index in [1.165, 1.54) is 49.1 Å². The van der Waals surface area contributed by atoms with Gasteiger partial charge in [0.25, 0.3) is 0 Å². The van der Waals surface area contributed by atoms with E-state index in [1.54, 1.807) is 12.1 Å². The summed E-state index contributed by atoms with van der Waals surface area (Å²) < 4.78 is 81.9. The molecule has 5 aromatic rings. The Labute approximate surface area is 232 Å². The largest absolute Gasteiger partial charge is 0.416 e. The van der Waals surface area contributed by atoms with E-state index in [4.69, 9.17) is 11.6 Å². The molecule has 208 valence electrons. The summed E-state index contributed by atoms with van der Waals surface area (Å²) >= 11 is 6.23. The van der Waals surface area contributed by atoms with E-state index in [0.717, 1.165) is 4.68 Å². The lowest BCUT2D eigenvalue weighted by molar-refractivity contribution is -0.143. The second kappa shape index (κ2) is 10.7. The predicted molar refractivity (Wildman–Crippen MR) is 135 cm³/mol. The molecule has 0 radical (unpaired) electrons. The lowest BCUT2D eigenvalue weighted by Gasteiger charge is -2.15. The van der Waals surface area contributed by atoms with E-state index in [2.05, 4.69) is 25.3 Å². The number of halogens is 7. The van der Waals surface area contributed by atoms with Gasteiger partial charge in [0.1, 0.15) is 22.8 Å². The van der Waals surface area contributed by atoms with Gasteiger partial charge in [-0.15, -0.1) is 5.10 Å². The van der Waals surface area contributed by atoms with Crippen LogP contribution in [-0.2, 0) is 18.9 Å². The van der Waals surface area contributed by atoms with Crippen molar-refractivity contribution in [1.82, 2.24) is 29.9 Å². The maximum Gasteiger partial charge on any atom is 0.416 e. The summed E-state index contributed by atoms with van der Waals surface area (Å²) in [6.45, 7) is -0.549. The summed E-state index contributed by atoms with van der Waals surface area (Å²) in [5, 5.41) is 8.30. The van der Waals surface area contributed by atoms with Crippen LogP contribution in [0.3, 0.4) is 0 Å². The lowest BCUT2D eigenvalue weighted by Crippen LogP contribution is -2.13. The van der Waals surface area contributed by atoms with Gasteiger partial charge in [0.15, 0.2) is 5.78 Å². The molecule has 3 heterocycles. The number of alkyl halides is 6. The van der Waals surface area contributed by atoms with Gasteiger partial charge in [0, 0.05) is 24.2 Å². The Morgan fingerprint density at radius 1 is 0.805 bits per heavy atom. The number of carbonyl (C=O) groups excluding carboxylic acids is 1. The molecule has 0 spiro atoms. The SMILES string of the molecule is O=C(c1ccccc1Cl)c1cccnc1-c1nnn(Cc2cc(C(F)(F)F)cc(C(F)(F)F)c2)c1-c1cnccn1. The third kappa shape index (κ3) is 5.80. The van der Waals surface area contributed by atoms with Gasteiger partial charge in [-0.2, -0.15) is 26.3 Å². The van der Waals surface area contributed by atoms with Gasteiger partial charge in [-0.1, -0.05) is 28.9 Å². The molecular weight excluding hydrogens is 574 g/mol. The minimum atomic E-state index is -5.03. The molecule has 0 fully saturated rings. The normalized spacial score (nSPS) is 12.0. The third-order valence-corrected chi connectivity index (χ3v) is 6.25. The summed E-state index contributed by atoms with van der Waals surface area (Å²) in [6.07, 6.45) is -4.66. The van der Waals surface area contributed by atoms with Crippen molar-refractivity contribution >= 4 is 17.4 Å². The Morgan fingerprint density at radius 3 is 2.12 bits per heavy atom. The zero-order valence-electron chi connectivity index (χ0n) is 20.4. The second-order valence-corrected chi connectivity index (χ2v) is 9.06. The zero-order chi connectivity index (χ0) is 29.4. The van der Waals surface area contributed by atoms with Crippen LogP contribution in [0.5, 0.6) is 0 Å². The van der Waals surface area contributed by atoms with Crippen molar-refractivity contribution in [2.45, 2.75) is 18.9 Å². The average molecular weight is 589 g/mol. The first-order valence-electron chi connectivity index (χ1n) is 11.7. The van der Waals surface area contributed by atoms with Crippen LogP contribution >= 0.6 is 11.6 Å². The number of benzene rings is 2. The van der Waals surface area contributed by atoms with E-state index in [9.17, 15) is 31.1 Å².